The van der Waals surface area contributed by atoms with Crippen molar-refractivity contribution in [1.29, 1.82) is 5.26 Å². The minimum atomic E-state index is -0.143. The Balaban J connectivity index is 1.46. The van der Waals surface area contributed by atoms with E-state index in [1.165, 1.54) is 4.68 Å². The zero-order chi connectivity index (χ0) is 21.2. The SMILES string of the molecule is N#Cc1cc2c(nc1N1CCCC1Cn1nc(-c3cccnc3)ccc1=O)CCOC2. The predicted molar refractivity (Wildman–Crippen MR) is 114 cm³/mol. The maximum absolute atomic E-state index is 12.5. The van der Waals surface area contributed by atoms with Crippen LogP contribution in [0.4, 0.5) is 5.82 Å². The maximum Gasteiger partial charge on any atom is 0.266 e. The lowest BCUT2D eigenvalue weighted by atomic mass is 10.1. The van der Waals surface area contributed by atoms with Crippen molar-refractivity contribution in [3.05, 3.63) is 69.9 Å². The Bertz CT molecular complexity index is 1200. The summed E-state index contributed by atoms with van der Waals surface area (Å²) in [5.74, 6) is 0.710. The zero-order valence-corrected chi connectivity index (χ0v) is 17.1. The highest BCUT2D eigenvalue weighted by molar-refractivity contribution is 5.58. The van der Waals surface area contributed by atoms with Gasteiger partial charge < -0.3 is 9.64 Å². The van der Waals surface area contributed by atoms with Crippen molar-refractivity contribution in [2.24, 2.45) is 0 Å². The first-order chi connectivity index (χ1) is 15.2. The molecule has 1 fully saturated rings. The molecule has 3 aromatic heterocycles. The van der Waals surface area contributed by atoms with Gasteiger partial charge in [-0.15, -0.1) is 0 Å². The Kier molecular flexibility index (Phi) is 5.18. The van der Waals surface area contributed by atoms with Gasteiger partial charge in [-0.25, -0.2) is 9.67 Å². The summed E-state index contributed by atoms with van der Waals surface area (Å²) < 4.78 is 7.03. The highest BCUT2D eigenvalue weighted by atomic mass is 16.5. The smallest absolute Gasteiger partial charge is 0.266 e. The van der Waals surface area contributed by atoms with Crippen LogP contribution in [-0.2, 0) is 24.3 Å². The number of nitrogens with zero attached hydrogens (tertiary/aromatic N) is 6. The van der Waals surface area contributed by atoms with E-state index >= 15 is 0 Å². The van der Waals surface area contributed by atoms with Gasteiger partial charge in [-0.1, -0.05) is 0 Å². The summed E-state index contributed by atoms with van der Waals surface area (Å²) in [5, 5.41) is 14.3. The van der Waals surface area contributed by atoms with Crippen molar-refractivity contribution < 1.29 is 4.74 Å². The normalized spacial score (nSPS) is 17.9. The number of pyridine rings is 2. The average molecular weight is 414 g/mol. The Labute approximate surface area is 179 Å². The summed E-state index contributed by atoms with van der Waals surface area (Å²) in [6.07, 6.45) is 6.09. The summed E-state index contributed by atoms with van der Waals surface area (Å²) in [6.45, 7) is 2.40. The molecule has 2 aliphatic heterocycles. The average Bonchev–Trinajstić information content (AvgIpc) is 3.28. The molecule has 0 aromatic carbocycles. The number of ether oxygens (including phenoxy) is 1. The molecule has 2 aliphatic rings. The fourth-order valence-electron chi connectivity index (χ4n) is 4.33. The van der Waals surface area contributed by atoms with Crippen LogP contribution in [0.5, 0.6) is 0 Å². The number of anilines is 1. The van der Waals surface area contributed by atoms with E-state index in [0.717, 1.165) is 42.6 Å². The van der Waals surface area contributed by atoms with E-state index in [1.807, 2.05) is 18.2 Å². The van der Waals surface area contributed by atoms with Gasteiger partial charge >= 0.3 is 0 Å². The van der Waals surface area contributed by atoms with E-state index < -0.39 is 0 Å². The minimum Gasteiger partial charge on any atom is -0.376 e. The molecule has 31 heavy (non-hydrogen) atoms. The van der Waals surface area contributed by atoms with Crippen LogP contribution in [0.15, 0.2) is 47.5 Å². The third-order valence-corrected chi connectivity index (χ3v) is 5.89. The van der Waals surface area contributed by atoms with Crippen molar-refractivity contribution in [3.8, 4) is 17.3 Å². The second-order valence-electron chi connectivity index (χ2n) is 7.85. The van der Waals surface area contributed by atoms with E-state index in [0.29, 0.717) is 36.8 Å². The Morgan fingerprint density at radius 3 is 3.06 bits per heavy atom. The summed E-state index contributed by atoms with van der Waals surface area (Å²) in [4.78, 5) is 23.7. The first-order valence-corrected chi connectivity index (χ1v) is 10.5. The Morgan fingerprint density at radius 2 is 2.23 bits per heavy atom. The van der Waals surface area contributed by atoms with Crippen LogP contribution >= 0.6 is 0 Å². The number of rotatable bonds is 4. The molecule has 0 aliphatic carbocycles. The molecule has 0 amide bonds. The van der Waals surface area contributed by atoms with Crippen LogP contribution in [0.1, 0.15) is 29.7 Å². The molecule has 1 atom stereocenters. The number of hydrogen-bond acceptors (Lipinski definition) is 7. The summed E-state index contributed by atoms with van der Waals surface area (Å²) in [6, 6.07) is 11.3. The minimum absolute atomic E-state index is 0.0480. The highest BCUT2D eigenvalue weighted by Crippen LogP contribution is 2.30. The topological polar surface area (TPSA) is 96.9 Å². The summed E-state index contributed by atoms with van der Waals surface area (Å²) >= 11 is 0. The molecule has 0 N–H and O–H groups in total. The first-order valence-electron chi connectivity index (χ1n) is 10.5. The maximum atomic E-state index is 12.5. The van der Waals surface area contributed by atoms with E-state index in [1.54, 1.807) is 24.5 Å². The molecule has 1 saturated heterocycles. The molecular weight excluding hydrogens is 392 g/mol. The molecule has 0 bridgehead atoms. The van der Waals surface area contributed by atoms with Crippen molar-refractivity contribution in [2.75, 3.05) is 18.1 Å². The van der Waals surface area contributed by atoms with Crippen LogP contribution in [0, 0.1) is 11.3 Å². The fraction of sp³-hybridized carbons (Fsp3) is 0.348. The molecule has 8 nitrogen and oxygen atoms in total. The van der Waals surface area contributed by atoms with E-state index in [2.05, 4.69) is 21.1 Å². The summed E-state index contributed by atoms with van der Waals surface area (Å²) in [5.41, 5.74) is 3.98. The fourth-order valence-corrected chi connectivity index (χ4v) is 4.33. The van der Waals surface area contributed by atoms with Crippen molar-refractivity contribution in [3.63, 3.8) is 0 Å². The van der Waals surface area contributed by atoms with E-state index in [-0.39, 0.29) is 11.6 Å². The number of fused-ring (bicyclic) bond motifs is 1. The van der Waals surface area contributed by atoms with Gasteiger partial charge in [0.2, 0.25) is 0 Å². The molecule has 0 saturated carbocycles. The Hall–Kier alpha value is -3.57. The lowest BCUT2D eigenvalue weighted by molar-refractivity contribution is 0.109. The number of hydrogen-bond donors (Lipinski definition) is 0. The van der Waals surface area contributed by atoms with Crippen molar-refractivity contribution in [1.82, 2.24) is 19.7 Å². The largest absolute Gasteiger partial charge is 0.376 e. The summed E-state index contributed by atoms with van der Waals surface area (Å²) in [7, 11) is 0. The second-order valence-corrected chi connectivity index (χ2v) is 7.85. The third kappa shape index (κ3) is 3.80. The van der Waals surface area contributed by atoms with Crippen LogP contribution in [0.25, 0.3) is 11.3 Å². The van der Waals surface area contributed by atoms with Gasteiger partial charge in [-0.2, -0.15) is 10.4 Å². The Morgan fingerprint density at radius 1 is 1.29 bits per heavy atom. The van der Waals surface area contributed by atoms with Gasteiger partial charge in [0.15, 0.2) is 0 Å². The number of aromatic nitrogens is 4. The van der Waals surface area contributed by atoms with Crippen molar-refractivity contribution >= 4 is 5.82 Å². The molecule has 156 valence electrons. The van der Waals surface area contributed by atoms with E-state index in [9.17, 15) is 10.1 Å². The van der Waals surface area contributed by atoms with Crippen LogP contribution in [-0.4, -0.2) is 38.9 Å². The van der Waals surface area contributed by atoms with Gasteiger partial charge in [0.1, 0.15) is 11.9 Å². The van der Waals surface area contributed by atoms with Gasteiger partial charge in [-0.05, 0) is 37.1 Å². The molecule has 3 aromatic rings. The number of nitriles is 1. The van der Waals surface area contributed by atoms with Gasteiger partial charge in [0, 0.05) is 42.6 Å². The molecule has 5 rings (SSSR count). The van der Waals surface area contributed by atoms with Crippen LogP contribution < -0.4 is 10.5 Å². The molecule has 0 spiro atoms. The second kappa shape index (κ2) is 8.28. The molecule has 5 heterocycles. The highest BCUT2D eigenvalue weighted by Gasteiger charge is 2.30. The van der Waals surface area contributed by atoms with Gasteiger partial charge in [0.05, 0.1) is 42.8 Å². The molecular formula is C23H22N6O2. The van der Waals surface area contributed by atoms with E-state index in [4.69, 9.17) is 9.72 Å². The third-order valence-electron chi connectivity index (χ3n) is 5.89. The van der Waals surface area contributed by atoms with Gasteiger partial charge in [0.25, 0.3) is 5.56 Å². The molecule has 0 radical (unpaired) electrons. The van der Waals surface area contributed by atoms with Gasteiger partial charge in [-0.3, -0.25) is 9.78 Å². The van der Waals surface area contributed by atoms with Crippen molar-refractivity contribution in [2.45, 2.75) is 38.5 Å². The van der Waals surface area contributed by atoms with Crippen LogP contribution in [0.2, 0.25) is 0 Å². The predicted octanol–water partition coefficient (Wildman–Crippen LogP) is 2.31. The lowest BCUT2D eigenvalue weighted by Gasteiger charge is -2.28. The standard InChI is InChI=1S/C23H22N6O2/c24-12-17-11-18-15-31-10-7-20(18)26-23(17)28-9-2-4-19(28)14-29-22(30)6-5-21(27-29)16-3-1-8-25-13-16/h1,3,5-6,8,11,13,19H,2,4,7,9-10,14-15H2. The monoisotopic (exact) mass is 414 g/mol. The first kappa shape index (κ1) is 19.4. The molecule has 1 unspecified atom stereocenters. The quantitative estimate of drug-likeness (QED) is 0.646. The molecule has 8 heteroatoms. The zero-order valence-electron chi connectivity index (χ0n) is 17.1. The van der Waals surface area contributed by atoms with Crippen LogP contribution in [0.3, 0.4) is 0 Å². The lowest BCUT2D eigenvalue weighted by Crippen LogP contribution is -2.38.